The predicted molar refractivity (Wildman–Crippen MR) is 83.6 cm³/mol. The fourth-order valence-corrected chi connectivity index (χ4v) is 4.85. The van der Waals surface area contributed by atoms with Crippen LogP contribution in [0, 0.1) is 21.7 Å². The third kappa shape index (κ3) is 1.35. The second kappa shape index (κ2) is 3.61. The van der Waals surface area contributed by atoms with Crippen LogP contribution in [0.15, 0.2) is 0 Å². The molecule has 0 nitrogen and oxygen atoms in total. The molecule has 0 N–H and O–H groups in total. The zero-order valence-electron chi connectivity index (χ0n) is 13.8. The minimum Gasteiger partial charge on any atom is -0.117 e. The summed E-state index contributed by atoms with van der Waals surface area (Å²) in [5, 5.41) is 0. The molecule has 0 bridgehead atoms. The van der Waals surface area contributed by atoms with Gasteiger partial charge < -0.3 is 0 Å². The Hall–Kier alpha value is 0.580. The molecule has 0 aromatic rings. The minimum absolute atomic E-state index is 0.0723. The van der Waals surface area contributed by atoms with Crippen molar-refractivity contribution < 1.29 is 0 Å². The van der Waals surface area contributed by atoms with Crippen LogP contribution in [0.5, 0.6) is 0 Å². The van der Waals surface area contributed by atoms with Crippen molar-refractivity contribution in [3.05, 3.63) is 0 Å². The summed E-state index contributed by atoms with van der Waals surface area (Å²) >= 11 is 14.0. The Bertz CT molecular complexity index is 240. The molecule has 108 valence electrons. The van der Waals surface area contributed by atoms with Gasteiger partial charge >= 0.3 is 0 Å². The lowest BCUT2D eigenvalue weighted by Gasteiger charge is -2.74. The average Bonchev–Trinajstić information content (AvgIpc) is 2.14. The molecule has 1 aliphatic rings. The van der Waals surface area contributed by atoms with Gasteiger partial charge in [0.05, 0.1) is 9.75 Å². The third-order valence-corrected chi connectivity index (χ3v) is 9.71. The molecule has 1 saturated carbocycles. The van der Waals surface area contributed by atoms with Crippen LogP contribution in [0.25, 0.3) is 0 Å². The SMILES string of the molecule is CC1(C)C(C)(C)C(C)(C)[C@](C)(Cl)[C@@](C)(Cl)C1(C)C. The predicted octanol–water partition coefficient (Wildman–Crippen LogP) is 6.10. The highest BCUT2D eigenvalue weighted by Crippen LogP contribution is 2.75. The highest BCUT2D eigenvalue weighted by molar-refractivity contribution is 6.35. The zero-order chi connectivity index (χ0) is 15.0. The van der Waals surface area contributed by atoms with Crippen molar-refractivity contribution in [2.45, 2.75) is 79.0 Å². The Morgan fingerprint density at radius 2 is 0.556 bits per heavy atom. The van der Waals surface area contributed by atoms with Crippen molar-refractivity contribution in [2.75, 3.05) is 0 Å². The molecule has 0 aliphatic heterocycles. The van der Waals surface area contributed by atoms with E-state index in [1.165, 1.54) is 0 Å². The molecule has 0 spiro atoms. The fourth-order valence-electron chi connectivity index (χ4n) is 3.91. The minimum atomic E-state index is -0.468. The summed E-state index contributed by atoms with van der Waals surface area (Å²) < 4.78 is 0. The molecule has 1 aliphatic carbocycles. The molecular weight excluding hydrogens is 263 g/mol. The Labute approximate surface area is 124 Å². The van der Waals surface area contributed by atoms with E-state index in [0.29, 0.717) is 0 Å². The standard InChI is InChI=1S/C16H30Cl2/c1-11(2)12(3,4)14(7,8)16(10,18)15(9,17)13(11,5)6/h1-10H3/t15-,16-/m0/s1. The van der Waals surface area contributed by atoms with E-state index in [4.69, 9.17) is 23.2 Å². The Kier molecular flexibility index (Phi) is 3.34. The Morgan fingerprint density at radius 1 is 0.389 bits per heavy atom. The number of alkyl halides is 2. The number of hydrogen-bond acceptors (Lipinski definition) is 0. The Morgan fingerprint density at radius 3 is 0.722 bits per heavy atom. The molecule has 0 aromatic carbocycles. The van der Waals surface area contributed by atoms with E-state index >= 15 is 0 Å². The lowest BCUT2D eigenvalue weighted by molar-refractivity contribution is -0.182. The van der Waals surface area contributed by atoms with Crippen LogP contribution in [-0.2, 0) is 0 Å². The molecule has 0 saturated heterocycles. The Balaban J connectivity index is 3.72. The van der Waals surface area contributed by atoms with E-state index in [1.54, 1.807) is 0 Å². The number of rotatable bonds is 0. The summed E-state index contributed by atoms with van der Waals surface area (Å²) in [6.07, 6.45) is 0. The van der Waals surface area contributed by atoms with Crippen molar-refractivity contribution in [3.8, 4) is 0 Å². The number of halogens is 2. The monoisotopic (exact) mass is 292 g/mol. The first-order valence-electron chi connectivity index (χ1n) is 6.88. The summed E-state index contributed by atoms with van der Waals surface area (Å²) in [4.78, 5) is -0.936. The van der Waals surface area contributed by atoms with E-state index in [-0.39, 0.29) is 21.7 Å². The van der Waals surface area contributed by atoms with Crippen molar-refractivity contribution in [2.24, 2.45) is 21.7 Å². The molecular formula is C16H30Cl2. The van der Waals surface area contributed by atoms with Crippen molar-refractivity contribution >= 4 is 23.2 Å². The fraction of sp³-hybridized carbons (Fsp3) is 1.00. The van der Waals surface area contributed by atoms with Crippen LogP contribution in [0.1, 0.15) is 69.2 Å². The van der Waals surface area contributed by atoms with E-state index in [9.17, 15) is 0 Å². The first-order valence-corrected chi connectivity index (χ1v) is 7.63. The van der Waals surface area contributed by atoms with Gasteiger partial charge in [-0.1, -0.05) is 55.4 Å². The third-order valence-electron chi connectivity index (χ3n) is 7.92. The van der Waals surface area contributed by atoms with E-state index in [2.05, 4.69) is 69.2 Å². The highest BCUT2D eigenvalue weighted by Gasteiger charge is 2.74. The van der Waals surface area contributed by atoms with Crippen molar-refractivity contribution in [1.29, 1.82) is 0 Å². The van der Waals surface area contributed by atoms with E-state index in [1.807, 2.05) is 0 Å². The quantitative estimate of drug-likeness (QED) is 0.473. The summed E-state index contributed by atoms with van der Waals surface area (Å²) in [6.45, 7) is 22.6. The maximum atomic E-state index is 7.02. The zero-order valence-corrected chi connectivity index (χ0v) is 15.3. The summed E-state index contributed by atoms with van der Waals surface area (Å²) in [6, 6.07) is 0. The molecule has 18 heavy (non-hydrogen) atoms. The van der Waals surface area contributed by atoms with Gasteiger partial charge in [0.1, 0.15) is 0 Å². The molecule has 0 radical (unpaired) electrons. The molecule has 0 aromatic heterocycles. The molecule has 2 heteroatoms. The average molecular weight is 293 g/mol. The normalized spacial score (nSPS) is 44.7. The summed E-state index contributed by atoms with van der Waals surface area (Å²) in [5.74, 6) is 0. The van der Waals surface area contributed by atoms with Crippen LogP contribution >= 0.6 is 23.2 Å². The van der Waals surface area contributed by atoms with Crippen LogP contribution in [0.2, 0.25) is 0 Å². The lowest BCUT2D eigenvalue weighted by atomic mass is 9.35. The topological polar surface area (TPSA) is 0 Å². The molecule has 0 heterocycles. The summed E-state index contributed by atoms with van der Waals surface area (Å²) in [7, 11) is 0. The largest absolute Gasteiger partial charge is 0.117 e. The van der Waals surface area contributed by atoms with Gasteiger partial charge in [-0.05, 0) is 35.5 Å². The lowest BCUT2D eigenvalue weighted by Crippen LogP contribution is -2.74. The maximum absolute atomic E-state index is 7.02. The first-order chi connectivity index (χ1) is 7.50. The van der Waals surface area contributed by atoms with Gasteiger partial charge in [-0.2, -0.15) is 0 Å². The van der Waals surface area contributed by atoms with Crippen molar-refractivity contribution in [1.82, 2.24) is 0 Å². The number of hydrogen-bond donors (Lipinski definition) is 0. The van der Waals surface area contributed by atoms with Crippen LogP contribution in [0.4, 0.5) is 0 Å². The van der Waals surface area contributed by atoms with Crippen LogP contribution in [-0.4, -0.2) is 9.75 Å². The van der Waals surface area contributed by atoms with Crippen LogP contribution < -0.4 is 0 Å². The van der Waals surface area contributed by atoms with E-state index < -0.39 is 9.75 Å². The van der Waals surface area contributed by atoms with Gasteiger partial charge in [0.15, 0.2) is 0 Å². The van der Waals surface area contributed by atoms with Gasteiger partial charge in [0, 0.05) is 0 Å². The molecule has 0 amide bonds. The molecule has 2 atom stereocenters. The van der Waals surface area contributed by atoms with Crippen molar-refractivity contribution in [3.63, 3.8) is 0 Å². The molecule has 1 rings (SSSR count). The second-order valence-electron chi connectivity index (χ2n) is 8.51. The first kappa shape index (κ1) is 16.6. The van der Waals surface area contributed by atoms with Gasteiger partial charge in [0.25, 0.3) is 0 Å². The van der Waals surface area contributed by atoms with Crippen LogP contribution in [0.3, 0.4) is 0 Å². The highest BCUT2D eigenvalue weighted by atomic mass is 35.5. The maximum Gasteiger partial charge on any atom is 0.0668 e. The van der Waals surface area contributed by atoms with Gasteiger partial charge in [-0.3, -0.25) is 0 Å². The smallest absolute Gasteiger partial charge is 0.0668 e. The molecule has 1 fully saturated rings. The van der Waals surface area contributed by atoms with Gasteiger partial charge in [-0.25, -0.2) is 0 Å². The summed E-state index contributed by atoms with van der Waals surface area (Å²) in [5.41, 5.74) is 0.0109. The molecule has 0 unspecified atom stereocenters. The van der Waals surface area contributed by atoms with Gasteiger partial charge in [-0.15, -0.1) is 23.2 Å². The van der Waals surface area contributed by atoms with Gasteiger partial charge in [0.2, 0.25) is 0 Å². The second-order valence-corrected chi connectivity index (χ2v) is 10.0. The van der Waals surface area contributed by atoms with E-state index in [0.717, 1.165) is 0 Å².